The zero-order valence-corrected chi connectivity index (χ0v) is 10.4. The van der Waals surface area contributed by atoms with Gasteiger partial charge in [0.05, 0.1) is 5.52 Å². The van der Waals surface area contributed by atoms with Crippen LogP contribution < -0.4 is 0 Å². The molecular weight excluding hydrogens is 208 g/mol. The molecule has 0 amide bonds. The van der Waals surface area contributed by atoms with Crippen LogP contribution in [-0.2, 0) is 0 Å². The highest BCUT2D eigenvalue weighted by Crippen LogP contribution is 2.25. The maximum Gasteiger partial charge on any atom is 0.0924 e. The molecule has 0 atom stereocenters. The lowest BCUT2D eigenvalue weighted by atomic mass is 10.1. The second kappa shape index (κ2) is 5.17. The molecule has 82 valence electrons. The largest absolute Gasteiger partial charge is 0.281 e. The summed E-state index contributed by atoms with van der Waals surface area (Å²) >= 11 is 5.91. The number of nitrogens with one attached hydrogen (secondary N) is 1. The van der Waals surface area contributed by atoms with Crippen LogP contribution in [0.5, 0.6) is 0 Å². The number of fused-ring (bicyclic) bond motifs is 1. The van der Waals surface area contributed by atoms with Crippen LogP contribution in [0.1, 0.15) is 39.3 Å². The molecule has 0 unspecified atom stereocenters. The molecule has 0 saturated carbocycles. The molecule has 1 aromatic carbocycles. The third kappa shape index (κ3) is 2.51. The Morgan fingerprint density at radius 3 is 2.53 bits per heavy atom. The van der Waals surface area contributed by atoms with Crippen LogP contribution in [0.3, 0.4) is 0 Å². The van der Waals surface area contributed by atoms with E-state index < -0.39 is 0 Å². The van der Waals surface area contributed by atoms with Crippen LogP contribution in [0.4, 0.5) is 0 Å². The Hall–Kier alpha value is -1.02. The van der Waals surface area contributed by atoms with E-state index in [2.05, 4.69) is 24.0 Å². The molecule has 0 saturated heterocycles. The fraction of sp³-hybridized carbons (Fsp3) is 0.417. The Bertz CT molecular complexity index is 432. The molecule has 15 heavy (non-hydrogen) atoms. The molecule has 0 aliphatic rings. The monoisotopic (exact) mass is 224 g/mol. The van der Waals surface area contributed by atoms with Gasteiger partial charge in [-0.05, 0) is 24.1 Å². The van der Waals surface area contributed by atoms with E-state index in [1.165, 1.54) is 0 Å². The smallest absolute Gasteiger partial charge is 0.0924 e. The van der Waals surface area contributed by atoms with E-state index in [9.17, 15) is 0 Å². The molecule has 0 fully saturated rings. The van der Waals surface area contributed by atoms with Crippen molar-refractivity contribution in [2.75, 3.05) is 0 Å². The topological polar surface area (TPSA) is 28.7 Å². The third-order valence-electron chi connectivity index (χ3n) is 2.12. The summed E-state index contributed by atoms with van der Waals surface area (Å²) in [7, 11) is 0. The van der Waals surface area contributed by atoms with E-state index in [1.54, 1.807) is 0 Å². The second-order valence-corrected chi connectivity index (χ2v) is 3.89. The van der Waals surface area contributed by atoms with Crippen LogP contribution in [0.15, 0.2) is 18.2 Å². The average Bonchev–Trinajstić information content (AvgIpc) is 2.63. The molecule has 0 aliphatic carbocycles. The minimum atomic E-state index is 0.448. The van der Waals surface area contributed by atoms with Gasteiger partial charge in [-0.3, -0.25) is 5.10 Å². The molecule has 1 aromatic heterocycles. The summed E-state index contributed by atoms with van der Waals surface area (Å²) in [6, 6.07) is 5.74. The molecule has 3 heteroatoms. The van der Waals surface area contributed by atoms with Crippen molar-refractivity contribution in [1.29, 1.82) is 0 Å². The first kappa shape index (κ1) is 12.1. The van der Waals surface area contributed by atoms with Crippen molar-refractivity contribution in [3.05, 3.63) is 28.9 Å². The highest BCUT2D eigenvalue weighted by Gasteiger charge is 2.08. The van der Waals surface area contributed by atoms with Gasteiger partial charge in [-0.15, -0.1) is 0 Å². The highest BCUT2D eigenvalue weighted by atomic mass is 35.5. The zero-order valence-electron chi connectivity index (χ0n) is 9.63. The molecule has 0 spiro atoms. The summed E-state index contributed by atoms with van der Waals surface area (Å²) < 4.78 is 0. The number of halogens is 1. The quantitative estimate of drug-likeness (QED) is 0.766. The van der Waals surface area contributed by atoms with Gasteiger partial charge in [-0.25, -0.2) is 0 Å². The molecule has 1 N–H and O–H groups in total. The van der Waals surface area contributed by atoms with Gasteiger partial charge in [0.25, 0.3) is 0 Å². The summed E-state index contributed by atoms with van der Waals surface area (Å²) in [4.78, 5) is 0. The van der Waals surface area contributed by atoms with Crippen LogP contribution in [-0.4, -0.2) is 10.2 Å². The first-order valence-corrected chi connectivity index (χ1v) is 5.70. The van der Waals surface area contributed by atoms with Gasteiger partial charge < -0.3 is 0 Å². The van der Waals surface area contributed by atoms with Crippen LogP contribution >= 0.6 is 11.6 Å². The van der Waals surface area contributed by atoms with Crippen molar-refractivity contribution in [3.63, 3.8) is 0 Å². The molecular formula is C12H17ClN2. The third-order valence-corrected chi connectivity index (χ3v) is 2.36. The SMILES string of the molecule is CC.CC(C)c1[nH]nc2ccc(Cl)cc12. The Balaban J connectivity index is 0.000000531. The number of aromatic nitrogens is 2. The standard InChI is InChI=1S/C10H11ClN2.C2H6/c1-6(2)10-8-5-7(11)3-4-9(8)12-13-10;1-2/h3-6H,1-2H3,(H,12,13);1-2H3. The summed E-state index contributed by atoms with van der Waals surface area (Å²) in [5.41, 5.74) is 2.13. The second-order valence-electron chi connectivity index (χ2n) is 3.45. The number of benzene rings is 1. The van der Waals surface area contributed by atoms with Crippen LogP contribution in [0, 0.1) is 0 Å². The number of rotatable bonds is 1. The van der Waals surface area contributed by atoms with Crippen molar-refractivity contribution in [1.82, 2.24) is 10.2 Å². The predicted octanol–water partition coefficient (Wildman–Crippen LogP) is 4.37. The Labute approximate surface area is 95.6 Å². The van der Waals surface area contributed by atoms with E-state index in [0.717, 1.165) is 21.6 Å². The lowest BCUT2D eigenvalue weighted by Gasteiger charge is -2.00. The maximum atomic E-state index is 5.91. The molecule has 1 heterocycles. The summed E-state index contributed by atoms with van der Waals surface area (Å²) in [6.07, 6.45) is 0. The zero-order chi connectivity index (χ0) is 11.4. The van der Waals surface area contributed by atoms with Crippen molar-refractivity contribution < 1.29 is 0 Å². The average molecular weight is 225 g/mol. The normalized spacial score (nSPS) is 10.3. The summed E-state index contributed by atoms with van der Waals surface area (Å²) in [5, 5.41) is 9.12. The van der Waals surface area contributed by atoms with Gasteiger partial charge in [0.2, 0.25) is 0 Å². The molecule has 0 radical (unpaired) electrons. The van der Waals surface area contributed by atoms with E-state index in [0.29, 0.717) is 5.92 Å². The first-order chi connectivity index (χ1) is 7.18. The van der Waals surface area contributed by atoms with Gasteiger partial charge in [0.1, 0.15) is 0 Å². The lowest BCUT2D eigenvalue weighted by molar-refractivity contribution is 0.818. The van der Waals surface area contributed by atoms with Gasteiger partial charge in [0.15, 0.2) is 0 Å². The predicted molar refractivity (Wildman–Crippen MR) is 66.5 cm³/mol. The van der Waals surface area contributed by atoms with E-state index >= 15 is 0 Å². The highest BCUT2D eigenvalue weighted by molar-refractivity contribution is 6.31. The van der Waals surface area contributed by atoms with Crippen molar-refractivity contribution in [2.45, 2.75) is 33.6 Å². The van der Waals surface area contributed by atoms with Gasteiger partial charge >= 0.3 is 0 Å². The van der Waals surface area contributed by atoms with E-state index in [4.69, 9.17) is 11.6 Å². The molecule has 2 rings (SSSR count). The molecule has 2 nitrogen and oxygen atoms in total. The number of aromatic amines is 1. The first-order valence-electron chi connectivity index (χ1n) is 5.32. The maximum absolute atomic E-state index is 5.91. The fourth-order valence-corrected chi connectivity index (χ4v) is 1.61. The van der Waals surface area contributed by atoms with E-state index in [-0.39, 0.29) is 0 Å². The number of H-pyrrole nitrogens is 1. The fourth-order valence-electron chi connectivity index (χ4n) is 1.44. The molecule has 0 bridgehead atoms. The van der Waals surface area contributed by atoms with Crippen molar-refractivity contribution in [2.24, 2.45) is 0 Å². The summed E-state index contributed by atoms with van der Waals surface area (Å²) in [5.74, 6) is 0.448. The molecule has 0 aliphatic heterocycles. The Morgan fingerprint density at radius 1 is 1.27 bits per heavy atom. The number of hydrogen-bond acceptors (Lipinski definition) is 1. The summed E-state index contributed by atoms with van der Waals surface area (Å²) in [6.45, 7) is 8.27. The van der Waals surface area contributed by atoms with Gasteiger partial charge in [-0.2, -0.15) is 5.10 Å². The number of nitrogens with zero attached hydrogens (tertiary/aromatic N) is 1. The van der Waals surface area contributed by atoms with Gasteiger partial charge in [0, 0.05) is 16.1 Å². The van der Waals surface area contributed by atoms with Crippen LogP contribution in [0.25, 0.3) is 10.9 Å². The molecule has 2 aromatic rings. The van der Waals surface area contributed by atoms with Crippen molar-refractivity contribution in [3.8, 4) is 0 Å². The van der Waals surface area contributed by atoms with Crippen molar-refractivity contribution >= 4 is 22.5 Å². The van der Waals surface area contributed by atoms with Crippen LogP contribution in [0.2, 0.25) is 5.02 Å². The Morgan fingerprint density at radius 2 is 1.93 bits per heavy atom. The van der Waals surface area contributed by atoms with Gasteiger partial charge in [-0.1, -0.05) is 39.3 Å². The Kier molecular flexibility index (Phi) is 4.15. The minimum Gasteiger partial charge on any atom is -0.281 e. The number of hydrogen-bond donors (Lipinski definition) is 1. The lowest BCUT2D eigenvalue weighted by Crippen LogP contribution is -1.87. The minimum absolute atomic E-state index is 0.448. The van der Waals surface area contributed by atoms with E-state index in [1.807, 2.05) is 32.0 Å².